The van der Waals surface area contributed by atoms with Gasteiger partial charge in [0.15, 0.2) is 0 Å². The first-order valence-electron chi connectivity index (χ1n) is 11.0. The Kier molecular flexibility index (Phi) is 5.81. The Balaban J connectivity index is 1.41. The molecule has 0 saturated heterocycles. The molecule has 0 amide bonds. The number of aryl methyl sites for hydroxylation is 2. The third-order valence-electron chi connectivity index (χ3n) is 6.24. The smallest absolute Gasteiger partial charge is 0.146 e. The Morgan fingerprint density at radius 2 is 1.91 bits per heavy atom. The zero-order valence-corrected chi connectivity index (χ0v) is 19.6. The predicted molar refractivity (Wildman–Crippen MR) is 131 cm³/mol. The van der Waals surface area contributed by atoms with Crippen molar-refractivity contribution < 1.29 is 4.74 Å². The van der Waals surface area contributed by atoms with Crippen molar-refractivity contribution >= 4 is 27.4 Å². The van der Waals surface area contributed by atoms with Crippen LogP contribution in [0.3, 0.4) is 0 Å². The first-order valence-corrected chi connectivity index (χ1v) is 11.8. The number of benzene rings is 2. The highest BCUT2D eigenvalue weighted by molar-refractivity contribution is 7.18. The molecule has 0 radical (unpaired) electrons. The first-order chi connectivity index (χ1) is 15.6. The third kappa shape index (κ3) is 4.20. The number of fused-ring (bicyclic) bond motifs is 2. The van der Waals surface area contributed by atoms with Crippen LogP contribution in [0.4, 0.5) is 5.82 Å². The van der Waals surface area contributed by atoms with Gasteiger partial charge in [0.2, 0.25) is 0 Å². The number of thiophene rings is 1. The summed E-state index contributed by atoms with van der Waals surface area (Å²) < 4.78 is 5.37. The summed E-state index contributed by atoms with van der Waals surface area (Å²) in [6.45, 7) is 7.76. The number of anilines is 1. The average molecular weight is 445 g/mol. The maximum atomic E-state index is 5.37. The van der Waals surface area contributed by atoms with E-state index in [1.165, 1.54) is 21.6 Å². The van der Waals surface area contributed by atoms with Gasteiger partial charge in [0.1, 0.15) is 22.2 Å². The molecular weight excluding hydrogens is 416 g/mol. The van der Waals surface area contributed by atoms with Crippen molar-refractivity contribution in [3.05, 3.63) is 81.5 Å². The lowest BCUT2D eigenvalue weighted by Crippen LogP contribution is -2.30. The fourth-order valence-electron chi connectivity index (χ4n) is 4.35. The van der Waals surface area contributed by atoms with Crippen molar-refractivity contribution in [1.82, 2.24) is 14.9 Å². The molecule has 5 rings (SSSR count). The van der Waals surface area contributed by atoms with Gasteiger partial charge in [-0.1, -0.05) is 36.4 Å². The molecule has 3 heterocycles. The molecule has 164 valence electrons. The minimum atomic E-state index is 0.689. The minimum absolute atomic E-state index is 0.689. The number of methoxy groups -OCH3 is 1. The zero-order chi connectivity index (χ0) is 22.1. The molecule has 2 aromatic heterocycles. The molecule has 0 bridgehead atoms. The average Bonchev–Trinajstić information content (AvgIpc) is 3.11. The van der Waals surface area contributed by atoms with E-state index in [0.717, 1.165) is 59.2 Å². The Morgan fingerprint density at radius 3 is 2.75 bits per heavy atom. The Bertz CT molecular complexity index is 1270. The molecule has 0 aliphatic carbocycles. The molecule has 4 aromatic rings. The fourth-order valence-corrected chi connectivity index (χ4v) is 5.40. The molecule has 0 fully saturated rings. The minimum Gasteiger partial charge on any atom is -0.497 e. The van der Waals surface area contributed by atoms with E-state index >= 15 is 0 Å². The van der Waals surface area contributed by atoms with Crippen molar-refractivity contribution in [2.75, 3.05) is 19.0 Å². The summed E-state index contributed by atoms with van der Waals surface area (Å²) in [5, 5.41) is 4.73. The number of hydrogen-bond donors (Lipinski definition) is 1. The second kappa shape index (κ2) is 8.88. The molecule has 1 aliphatic rings. The van der Waals surface area contributed by atoms with E-state index in [0.29, 0.717) is 6.54 Å². The molecule has 0 spiro atoms. The van der Waals surface area contributed by atoms with Crippen molar-refractivity contribution in [2.24, 2.45) is 0 Å². The SMILES string of the molecule is COc1cccc(CNc2nc(CN3CCc4ccccc4C3)nc3sc(C)c(C)c23)c1. The van der Waals surface area contributed by atoms with Crippen molar-refractivity contribution in [3.63, 3.8) is 0 Å². The van der Waals surface area contributed by atoms with Crippen LogP contribution in [0, 0.1) is 13.8 Å². The van der Waals surface area contributed by atoms with Crippen LogP contribution < -0.4 is 10.1 Å². The molecule has 0 saturated carbocycles. The molecule has 1 aliphatic heterocycles. The lowest BCUT2D eigenvalue weighted by atomic mass is 10.00. The monoisotopic (exact) mass is 444 g/mol. The van der Waals surface area contributed by atoms with Crippen molar-refractivity contribution in [1.29, 1.82) is 0 Å². The number of nitrogens with zero attached hydrogens (tertiary/aromatic N) is 3. The van der Waals surface area contributed by atoms with E-state index in [4.69, 9.17) is 14.7 Å². The van der Waals surface area contributed by atoms with Crippen LogP contribution in [-0.4, -0.2) is 28.5 Å². The van der Waals surface area contributed by atoms with Gasteiger partial charge in [-0.3, -0.25) is 4.90 Å². The normalized spacial score (nSPS) is 13.8. The third-order valence-corrected chi connectivity index (χ3v) is 7.34. The number of hydrogen-bond acceptors (Lipinski definition) is 6. The fraction of sp³-hybridized carbons (Fsp3) is 0.308. The first kappa shape index (κ1) is 20.9. The summed E-state index contributed by atoms with van der Waals surface area (Å²) in [5.41, 5.74) is 5.30. The summed E-state index contributed by atoms with van der Waals surface area (Å²) in [4.78, 5) is 14.8. The van der Waals surface area contributed by atoms with Crippen LogP contribution >= 0.6 is 11.3 Å². The topological polar surface area (TPSA) is 50.3 Å². The maximum absolute atomic E-state index is 5.37. The van der Waals surface area contributed by atoms with Crippen LogP contribution in [0.1, 0.15) is 33.0 Å². The predicted octanol–water partition coefficient (Wildman–Crippen LogP) is 5.49. The Hall–Kier alpha value is -2.96. The lowest BCUT2D eigenvalue weighted by molar-refractivity contribution is 0.240. The molecule has 1 N–H and O–H groups in total. The van der Waals surface area contributed by atoms with Gasteiger partial charge in [-0.25, -0.2) is 9.97 Å². The van der Waals surface area contributed by atoms with E-state index in [1.54, 1.807) is 18.4 Å². The van der Waals surface area contributed by atoms with Crippen molar-refractivity contribution in [2.45, 2.75) is 39.9 Å². The zero-order valence-electron chi connectivity index (χ0n) is 18.8. The highest BCUT2D eigenvalue weighted by atomic mass is 32.1. The number of rotatable bonds is 6. The van der Waals surface area contributed by atoms with Gasteiger partial charge in [-0.05, 0) is 54.7 Å². The molecule has 0 atom stereocenters. The number of nitrogens with one attached hydrogen (secondary N) is 1. The van der Waals surface area contributed by atoms with Gasteiger partial charge in [-0.15, -0.1) is 11.3 Å². The van der Waals surface area contributed by atoms with E-state index in [-0.39, 0.29) is 0 Å². The van der Waals surface area contributed by atoms with E-state index in [2.05, 4.69) is 60.5 Å². The molecule has 32 heavy (non-hydrogen) atoms. The highest BCUT2D eigenvalue weighted by Crippen LogP contribution is 2.34. The number of ether oxygens (including phenoxy) is 1. The summed E-state index contributed by atoms with van der Waals surface area (Å²) in [5.74, 6) is 2.67. The van der Waals surface area contributed by atoms with Crippen LogP contribution in [0.25, 0.3) is 10.2 Å². The van der Waals surface area contributed by atoms with Gasteiger partial charge in [0, 0.05) is 24.5 Å². The largest absolute Gasteiger partial charge is 0.497 e. The van der Waals surface area contributed by atoms with Gasteiger partial charge in [-0.2, -0.15) is 0 Å². The summed E-state index contributed by atoms with van der Waals surface area (Å²) in [7, 11) is 1.70. The van der Waals surface area contributed by atoms with Crippen LogP contribution in [0.15, 0.2) is 48.5 Å². The molecule has 5 nitrogen and oxygen atoms in total. The van der Waals surface area contributed by atoms with E-state index in [9.17, 15) is 0 Å². The summed E-state index contributed by atoms with van der Waals surface area (Å²) >= 11 is 1.76. The Labute approximate surface area is 193 Å². The quantitative estimate of drug-likeness (QED) is 0.426. The van der Waals surface area contributed by atoms with Crippen LogP contribution in [0.5, 0.6) is 5.75 Å². The molecule has 6 heteroatoms. The number of aromatic nitrogens is 2. The summed E-state index contributed by atoms with van der Waals surface area (Å²) in [6, 6.07) is 16.9. The highest BCUT2D eigenvalue weighted by Gasteiger charge is 2.19. The van der Waals surface area contributed by atoms with Crippen molar-refractivity contribution in [3.8, 4) is 5.75 Å². The van der Waals surface area contributed by atoms with Crippen LogP contribution in [0.2, 0.25) is 0 Å². The Morgan fingerprint density at radius 1 is 1.06 bits per heavy atom. The van der Waals surface area contributed by atoms with Gasteiger partial charge in [0.05, 0.1) is 19.0 Å². The lowest BCUT2D eigenvalue weighted by Gasteiger charge is -2.28. The standard InChI is InChI=1S/C26H28N4OS/c1-17-18(2)32-26-24(17)25(27-14-19-7-6-10-22(13-19)31-3)28-23(29-26)16-30-12-11-20-8-4-5-9-21(20)15-30/h4-10,13H,11-12,14-16H2,1-3H3,(H,27,28,29). The molecule has 0 unspecified atom stereocenters. The van der Waals surface area contributed by atoms with Crippen LogP contribution in [-0.2, 0) is 26.1 Å². The van der Waals surface area contributed by atoms with E-state index < -0.39 is 0 Å². The second-order valence-corrected chi connectivity index (χ2v) is 9.59. The second-order valence-electron chi connectivity index (χ2n) is 8.39. The molecular formula is C26H28N4OS. The van der Waals surface area contributed by atoms with Gasteiger partial charge >= 0.3 is 0 Å². The maximum Gasteiger partial charge on any atom is 0.146 e. The van der Waals surface area contributed by atoms with E-state index in [1.807, 2.05) is 12.1 Å². The summed E-state index contributed by atoms with van der Waals surface area (Å²) in [6.07, 6.45) is 1.08. The van der Waals surface area contributed by atoms with Gasteiger partial charge < -0.3 is 10.1 Å². The van der Waals surface area contributed by atoms with Gasteiger partial charge in [0.25, 0.3) is 0 Å². The molecule has 2 aromatic carbocycles.